The Balaban J connectivity index is 1.76. The topological polar surface area (TPSA) is 95.9 Å². The zero-order chi connectivity index (χ0) is 18.7. The van der Waals surface area contributed by atoms with Crippen molar-refractivity contribution in [2.24, 2.45) is 0 Å². The third kappa shape index (κ3) is 3.37. The van der Waals surface area contributed by atoms with E-state index in [4.69, 9.17) is 0 Å². The summed E-state index contributed by atoms with van der Waals surface area (Å²) in [6.45, 7) is 0.693. The molecular formula is C19H18N2O5. The zero-order valence-corrected chi connectivity index (χ0v) is 14.2. The number of ether oxygens (including phenoxy) is 1. The maximum Gasteiger partial charge on any atom is 0.341 e. The number of hydrogen-bond acceptors (Lipinski definition) is 5. The van der Waals surface area contributed by atoms with Gasteiger partial charge in [-0.15, -0.1) is 0 Å². The molecule has 2 N–H and O–H groups in total. The molecule has 2 amide bonds. The summed E-state index contributed by atoms with van der Waals surface area (Å²) < 4.78 is 4.58. The molecule has 1 aliphatic heterocycles. The summed E-state index contributed by atoms with van der Waals surface area (Å²) >= 11 is 0. The number of benzene rings is 2. The summed E-state index contributed by atoms with van der Waals surface area (Å²) in [5.74, 6) is -1.63. The second-order valence-corrected chi connectivity index (χ2v) is 5.84. The molecule has 0 unspecified atom stereocenters. The number of phenolic OH excluding ortho intramolecular Hbond substituents is 1. The van der Waals surface area contributed by atoms with Gasteiger partial charge >= 0.3 is 5.97 Å². The van der Waals surface area contributed by atoms with Gasteiger partial charge in [-0.25, -0.2) is 4.79 Å². The minimum atomic E-state index is -0.725. The summed E-state index contributed by atoms with van der Waals surface area (Å²) in [7, 11) is 1.20. The Morgan fingerprint density at radius 2 is 1.81 bits per heavy atom. The normalized spacial score (nSPS) is 13.6. The highest BCUT2D eigenvalue weighted by Crippen LogP contribution is 2.26. The number of para-hydroxylation sites is 1. The molecule has 0 aromatic heterocycles. The summed E-state index contributed by atoms with van der Waals surface area (Å²) in [4.78, 5) is 37.5. The first kappa shape index (κ1) is 17.5. The summed E-state index contributed by atoms with van der Waals surface area (Å²) in [5.41, 5.74) is 1.17. The Morgan fingerprint density at radius 1 is 1.12 bits per heavy atom. The predicted octanol–water partition coefficient (Wildman–Crippen LogP) is 2.56. The van der Waals surface area contributed by atoms with Crippen molar-refractivity contribution in [2.45, 2.75) is 12.8 Å². The van der Waals surface area contributed by atoms with Crippen molar-refractivity contribution in [2.75, 3.05) is 23.9 Å². The molecule has 1 saturated heterocycles. The fourth-order valence-corrected chi connectivity index (χ4v) is 2.85. The van der Waals surface area contributed by atoms with Gasteiger partial charge in [0.25, 0.3) is 5.91 Å². The van der Waals surface area contributed by atoms with Crippen LogP contribution in [0.2, 0.25) is 0 Å². The lowest BCUT2D eigenvalue weighted by Gasteiger charge is -2.16. The lowest BCUT2D eigenvalue weighted by molar-refractivity contribution is -0.117. The van der Waals surface area contributed by atoms with Gasteiger partial charge in [-0.2, -0.15) is 0 Å². The van der Waals surface area contributed by atoms with Crippen molar-refractivity contribution in [3.05, 3.63) is 53.6 Å². The molecule has 0 spiro atoms. The van der Waals surface area contributed by atoms with E-state index >= 15 is 0 Å². The second kappa shape index (κ2) is 7.26. The minimum absolute atomic E-state index is 0.0355. The first-order valence-electron chi connectivity index (χ1n) is 8.13. The lowest BCUT2D eigenvalue weighted by Crippen LogP contribution is -2.23. The Hall–Kier alpha value is -3.35. The monoisotopic (exact) mass is 354 g/mol. The van der Waals surface area contributed by atoms with Gasteiger partial charge in [-0.05, 0) is 42.8 Å². The van der Waals surface area contributed by atoms with Gasteiger partial charge in [0.2, 0.25) is 5.91 Å². The predicted molar refractivity (Wildman–Crippen MR) is 95.4 cm³/mol. The first-order valence-corrected chi connectivity index (χ1v) is 8.13. The Kier molecular flexibility index (Phi) is 4.88. The molecule has 134 valence electrons. The highest BCUT2D eigenvalue weighted by atomic mass is 16.5. The molecule has 3 rings (SSSR count). The quantitative estimate of drug-likeness (QED) is 0.823. The molecule has 1 fully saturated rings. The Labute approximate surface area is 150 Å². The fourth-order valence-electron chi connectivity index (χ4n) is 2.85. The van der Waals surface area contributed by atoms with E-state index in [0.717, 1.165) is 12.1 Å². The van der Waals surface area contributed by atoms with Crippen LogP contribution < -0.4 is 10.2 Å². The summed E-state index contributed by atoms with van der Waals surface area (Å²) in [6.07, 6.45) is 1.39. The highest BCUT2D eigenvalue weighted by molar-refractivity contribution is 6.08. The van der Waals surface area contributed by atoms with Gasteiger partial charge in [0.1, 0.15) is 11.3 Å². The minimum Gasteiger partial charge on any atom is -0.506 e. The number of methoxy groups -OCH3 is 1. The van der Waals surface area contributed by atoms with Crippen molar-refractivity contribution in [3.8, 4) is 5.75 Å². The SMILES string of the molecule is COC(=O)c1cccc(C(=O)Nc2ccc(N3CCCC3=O)cc2)c1O. The number of carbonyl (C=O) groups is 3. The first-order chi connectivity index (χ1) is 12.5. The standard InChI is InChI=1S/C19H18N2O5/c1-26-19(25)15-5-2-4-14(17(15)23)18(24)20-12-7-9-13(10-8-12)21-11-3-6-16(21)22/h2,4-5,7-10,23H,3,6,11H2,1H3,(H,20,24). The van der Waals surface area contributed by atoms with Crippen LogP contribution >= 0.6 is 0 Å². The Bertz CT molecular complexity index is 861. The third-order valence-electron chi connectivity index (χ3n) is 4.20. The third-order valence-corrected chi connectivity index (χ3v) is 4.20. The van der Waals surface area contributed by atoms with Gasteiger partial charge in [0, 0.05) is 24.3 Å². The van der Waals surface area contributed by atoms with Gasteiger partial charge in [-0.3, -0.25) is 9.59 Å². The molecule has 0 radical (unpaired) electrons. The number of phenols is 1. The largest absolute Gasteiger partial charge is 0.506 e. The van der Waals surface area contributed by atoms with Gasteiger partial charge in [-0.1, -0.05) is 6.07 Å². The van der Waals surface area contributed by atoms with Gasteiger partial charge in [0.05, 0.1) is 12.7 Å². The molecule has 0 saturated carbocycles. The van der Waals surface area contributed by atoms with Crippen LogP contribution in [-0.4, -0.2) is 36.5 Å². The fraction of sp³-hybridized carbons (Fsp3) is 0.211. The van der Waals surface area contributed by atoms with Crippen molar-refractivity contribution in [1.29, 1.82) is 0 Å². The van der Waals surface area contributed by atoms with Crippen molar-refractivity contribution >= 4 is 29.2 Å². The second-order valence-electron chi connectivity index (χ2n) is 5.84. The molecule has 1 aliphatic rings. The average Bonchev–Trinajstić information content (AvgIpc) is 3.08. The van der Waals surface area contributed by atoms with Crippen LogP contribution in [0.5, 0.6) is 5.75 Å². The molecule has 7 heteroatoms. The summed E-state index contributed by atoms with van der Waals surface area (Å²) in [5, 5.41) is 12.8. The number of rotatable bonds is 4. The van der Waals surface area contributed by atoms with E-state index in [1.165, 1.54) is 25.3 Å². The summed E-state index contributed by atoms with van der Waals surface area (Å²) in [6, 6.07) is 11.1. The maximum atomic E-state index is 12.4. The molecule has 2 aromatic carbocycles. The molecule has 26 heavy (non-hydrogen) atoms. The van der Waals surface area contributed by atoms with E-state index in [1.54, 1.807) is 29.2 Å². The number of esters is 1. The molecule has 1 heterocycles. The lowest BCUT2D eigenvalue weighted by atomic mass is 10.1. The van der Waals surface area contributed by atoms with E-state index in [9.17, 15) is 19.5 Å². The van der Waals surface area contributed by atoms with Crippen LogP contribution in [0.3, 0.4) is 0 Å². The van der Waals surface area contributed by atoms with E-state index in [1.807, 2.05) is 0 Å². The number of hydrogen-bond donors (Lipinski definition) is 2. The van der Waals surface area contributed by atoms with Gasteiger partial charge in [0.15, 0.2) is 0 Å². The van der Waals surface area contributed by atoms with Crippen LogP contribution in [0, 0.1) is 0 Å². The van der Waals surface area contributed by atoms with Crippen LogP contribution in [0.4, 0.5) is 11.4 Å². The smallest absolute Gasteiger partial charge is 0.341 e. The molecular weight excluding hydrogens is 336 g/mol. The van der Waals surface area contributed by atoms with Crippen molar-refractivity contribution in [3.63, 3.8) is 0 Å². The Morgan fingerprint density at radius 3 is 2.42 bits per heavy atom. The zero-order valence-electron chi connectivity index (χ0n) is 14.2. The molecule has 2 aromatic rings. The van der Waals surface area contributed by atoms with Crippen LogP contribution in [0.15, 0.2) is 42.5 Å². The number of amides is 2. The molecule has 0 aliphatic carbocycles. The number of carbonyl (C=O) groups excluding carboxylic acids is 3. The van der Waals surface area contributed by atoms with E-state index in [-0.39, 0.29) is 17.0 Å². The molecule has 0 bridgehead atoms. The van der Waals surface area contributed by atoms with E-state index in [2.05, 4.69) is 10.1 Å². The number of nitrogens with one attached hydrogen (secondary N) is 1. The number of nitrogens with zero attached hydrogens (tertiary/aromatic N) is 1. The average molecular weight is 354 g/mol. The van der Waals surface area contributed by atoms with E-state index < -0.39 is 17.6 Å². The van der Waals surface area contributed by atoms with Crippen LogP contribution in [-0.2, 0) is 9.53 Å². The number of anilines is 2. The van der Waals surface area contributed by atoms with Crippen molar-refractivity contribution in [1.82, 2.24) is 0 Å². The maximum absolute atomic E-state index is 12.4. The van der Waals surface area contributed by atoms with Gasteiger partial charge < -0.3 is 20.1 Å². The highest BCUT2D eigenvalue weighted by Gasteiger charge is 2.22. The van der Waals surface area contributed by atoms with Crippen molar-refractivity contribution < 1.29 is 24.2 Å². The van der Waals surface area contributed by atoms with E-state index in [0.29, 0.717) is 18.7 Å². The number of aromatic hydroxyl groups is 1. The molecule has 7 nitrogen and oxygen atoms in total. The molecule has 0 atom stereocenters. The van der Waals surface area contributed by atoms with Crippen LogP contribution in [0.25, 0.3) is 0 Å². The van der Waals surface area contributed by atoms with Crippen LogP contribution in [0.1, 0.15) is 33.6 Å².